The Kier molecular flexibility index (Phi) is 19.0. The Morgan fingerprint density at radius 2 is 1.92 bits per heavy atom. The maximum atomic E-state index is 11.8. The summed E-state index contributed by atoms with van der Waals surface area (Å²) in [5.74, 6) is 0.786. The van der Waals surface area contributed by atoms with Crippen LogP contribution < -0.4 is 5.32 Å². The van der Waals surface area contributed by atoms with Gasteiger partial charge in [-0.1, -0.05) is 12.5 Å². The molecule has 0 fully saturated rings. The summed E-state index contributed by atoms with van der Waals surface area (Å²) in [6, 6.07) is 0. The number of halogens is 1. The molecule has 0 saturated carbocycles. The van der Waals surface area contributed by atoms with Crippen LogP contribution in [0.5, 0.6) is 0 Å². The summed E-state index contributed by atoms with van der Waals surface area (Å²) in [4.78, 5) is 19.9. The van der Waals surface area contributed by atoms with Gasteiger partial charge in [0.2, 0.25) is 5.91 Å². The Hall–Kier alpha value is -0.830. The number of carbonyl (C=O) groups excluding carboxylic acids is 1. The van der Waals surface area contributed by atoms with Crippen molar-refractivity contribution in [2.45, 2.75) is 39.0 Å². The molecule has 0 aliphatic rings. The lowest BCUT2D eigenvalue weighted by atomic mass is 10.2. The van der Waals surface area contributed by atoms with Crippen molar-refractivity contribution in [3.8, 4) is 0 Å². The first-order chi connectivity index (χ1) is 11.5. The lowest BCUT2D eigenvalue weighted by molar-refractivity contribution is -0.127. The van der Waals surface area contributed by atoms with Crippen LogP contribution in [-0.4, -0.2) is 75.7 Å². The Bertz CT molecular complexity index is 376. The second-order valence-corrected chi connectivity index (χ2v) is 5.96. The number of amides is 1. The molecule has 7 heteroatoms. The number of likely N-dealkylation sites (N-methyl/N-ethyl adjacent to an activating group) is 1. The molecule has 25 heavy (non-hydrogen) atoms. The molecule has 0 rings (SSSR count). The summed E-state index contributed by atoms with van der Waals surface area (Å²) in [5.41, 5.74) is 0. The van der Waals surface area contributed by atoms with Crippen LogP contribution in [0.25, 0.3) is 0 Å². The van der Waals surface area contributed by atoms with E-state index in [2.05, 4.69) is 21.8 Å². The van der Waals surface area contributed by atoms with Gasteiger partial charge < -0.3 is 19.9 Å². The first-order valence-corrected chi connectivity index (χ1v) is 8.91. The van der Waals surface area contributed by atoms with Gasteiger partial charge in [-0.15, -0.1) is 30.6 Å². The van der Waals surface area contributed by atoms with E-state index < -0.39 is 0 Å². The minimum absolute atomic E-state index is 0. The number of rotatable bonds is 13. The molecule has 0 saturated heterocycles. The normalized spacial score (nSPS) is 10.8. The molecule has 0 aromatic carbocycles. The molecule has 0 aliphatic heterocycles. The van der Waals surface area contributed by atoms with E-state index in [4.69, 9.17) is 4.74 Å². The Morgan fingerprint density at radius 3 is 2.52 bits per heavy atom. The van der Waals surface area contributed by atoms with E-state index in [9.17, 15) is 4.79 Å². The van der Waals surface area contributed by atoms with E-state index in [1.165, 1.54) is 12.8 Å². The largest absolute Gasteiger partial charge is 0.382 e. The van der Waals surface area contributed by atoms with Gasteiger partial charge >= 0.3 is 0 Å². The third kappa shape index (κ3) is 15.2. The molecule has 0 spiro atoms. The van der Waals surface area contributed by atoms with Crippen molar-refractivity contribution in [2.24, 2.45) is 4.99 Å². The molecule has 0 aliphatic carbocycles. The van der Waals surface area contributed by atoms with Crippen molar-refractivity contribution < 1.29 is 9.53 Å². The Morgan fingerprint density at radius 1 is 1.20 bits per heavy atom. The fraction of sp³-hybridized carbons (Fsp3) is 0.778. The van der Waals surface area contributed by atoms with Crippen LogP contribution in [0, 0.1) is 0 Å². The number of hydrogen-bond acceptors (Lipinski definition) is 3. The molecule has 0 bridgehead atoms. The summed E-state index contributed by atoms with van der Waals surface area (Å²) in [6.45, 7) is 9.09. The summed E-state index contributed by atoms with van der Waals surface area (Å²) in [7, 11) is 5.51. The van der Waals surface area contributed by atoms with Crippen molar-refractivity contribution in [3.63, 3.8) is 0 Å². The number of guanidine groups is 1. The highest BCUT2D eigenvalue weighted by Gasteiger charge is 2.08. The fourth-order valence-electron chi connectivity index (χ4n) is 2.03. The first kappa shape index (κ1) is 26.4. The quantitative estimate of drug-likeness (QED) is 0.149. The van der Waals surface area contributed by atoms with E-state index >= 15 is 0 Å². The number of allylic oxidation sites excluding steroid dienone is 1. The lowest BCUT2D eigenvalue weighted by Crippen LogP contribution is -2.41. The molecular weight excluding hydrogens is 431 g/mol. The molecule has 0 atom stereocenters. The molecule has 148 valence electrons. The molecule has 0 unspecified atom stereocenters. The predicted molar refractivity (Wildman–Crippen MR) is 117 cm³/mol. The molecule has 0 radical (unpaired) electrons. The van der Waals surface area contributed by atoms with Crippen molar-refractivity contribution in [1.29, 1.82) is 0 Å². The Labute approximate surface area is 171 Å². The van der Waals surface area contributed by atoms with E-state index in [0.29, 0.717) is 0 Å². The van der Waals surface area contributed by atoms with Crippen LogP contribution in [-0.2, 0) is 9.53 Å². The summed E-state index contributed by atoms with van der Waals surface area (Å²) in [5, 5.41) is 3.33. The summed E-state index contributed by atoms with van der Waals surface area (Å²) in [6.07, 6.45) is 7.39. The van der Waals surface area contributed by atoms with Crippen molar-refractivity contribution >= 4 is 35.8 Å². The zero-order chi connectivity index (χ0) is 18.2. The lowest BCUT2D eigenvalue weighted by Gasteiger charge is -2.23. The molecule has 6 nitrogen and oxygen atoms in total. The second-order valence-electron chi connectivity index (χ2n) is 5.96. The second kappa shape index (κ2) is 18.0. The molecule has 1 amide bonds. The van der Waals surface area contributed by atoms with E-state index in [0.717, 1.165) is 51.5 Å². The summed E-state index contributed by atoms with van der Waals surface area (Å²) >= 11 is 0. The van der Waals surface area contributed by atoms with Gasteiger partial charge in [0.15, 0.2) is 5.96 Å². The zero-order valence-corrected chi connectivity index (χ0v) is 18.8. The first-order valence-electron chi connectivity index (χ1n) is 8.91. The number of carbonyl (C=O) groups is 1. The number of ether oxygens (including phenoxy) is 1. The highest BCUT2D eigenvalue weighted by Crippen LogP contribution is 2.02. The number of hydrogen-bond donors (Lipinski definition) is 1. The predicted octanol–water partition coefficient (Wildman–Crippen LogP) is 2.74. The highest BCUT2D eigenvalue weighted by molar-refractivity contribution is 14.0. The van der Waals surface area contributed by atoms with Gasteiger partial charge in [-0.2, -0.15) is 0 Å². The van der Waals surface area contributed by atoms with Crippen molar-refractivity contribution in [1.82, 2.24) is 15.1 Å². The fourth-order valence-corrected chi connectivity index (χ4v) is 2.03. The van der Waals surface area contributed by atoms with Crippen molar-refractivity contribution in [2.75, 3.05) is 54.0 Å². The highest BCUT2D eigenvalue weighted by atomic mass is 127. The van der Waals surface area contributed by atoms with Gasteiger partial charge in [-0.3, -0.25) is 4.79 Å². The van der Waals surface area contributed by atoms with Crippen molar-refractivity contribution in [3.05, 3.63) is 12.7 Å². The van der Waals surface area contributed by atoms with Gasteiger partial charge in [-0.05, 0) is 32.6 Å². The van der Waals surface area contributed by atoms with Gasteiger partial charge in [0.1, 0.15) is 6.54 Å². The average molecular weight is 468 g/mol. The van der Waals surface area contributed by atoms with Crippen LogP contribution in [0.1, 0.15) is 39.0 Å². The number of aliphatic imine (C=N–C) groups is 1. The molecular formula is C18H37IN4O2. The molecule has 1 N–H and O–H groups in total. The maximum absolute atomic E-state index is 11.8. The van der Waals surface area contributed by atoms with Crippen LogP contribution in [0.15, 0.2) is 17.6 Å². The average Bonchev–Trinajstić information content (AvgIpc) is 2.56. The minimum atomic E-state index is 0. The number of unbranched alkanes of at least 4 members (excludes halogenated alkanes) is 3. The van der Waals surface area contributed by atoms with Crippen LogP contribution in [0.3, 0.4) is 0 Å². The van der Waals surface area contributed by atoms with Gasteiger partial charge in [0.05, 0.1) is 0 Å². The molecule has 0 aromatic heterocycles. The standard InChI is InChI=1S/C18H36N4O2.HI/c1-6-8-9-10-11-14-22(5)18(19-13-12-15-24-7-2)20-16-17(23)21(3)4;/h6H,1,7-16H2,2-5H3,(H,19,20);1H. The summed E-state index contributed by atoms with van der Waals surface area (Å²) < 4.78 is 5.35. The third-order valence-corrected chi connectivity index (χ3v) is 3.58. The smallest absolute Gasteiger partial charge is 0.243 e. The van der Waals surface area contributed by atoms with Crippen LogP contribution in [0.2, 0.25) is 0 Å². The maximum Gasteiger partial charge on any atom is 0.243 e. The van der Waals surface area contributed by atoms with Crippen LogP contribution >= 0.6 is 24.0 Å². The molecule has 0 heterocycles. The monoisotopic (exact) mass is 468 g/mol. The van der Waals surface area contributed by atoms with E-state index in [1.54, 1.807) is 19.0 Å². The third-order valence-electron chi connectivity index (χ3n) is 3.58. The molecule has 0 aromatic rings. The number of nitrogens with one attached hydrogen (secondary N) is 1. The van der Waals surface area contributed by atoms with Gasteiger partial charge in [0, 0.05) is 47.4 Å². The minimum Gasteiger partial charge on any atom is -0.382 e. The van der Waals surface area contributed by atoms with Gasteiger partial charge in [-0.25, -0.2) is 4.99 Å². The Balaban J connectivity index is 0. The van der Waals surface area contributed by atoms with E-state index in [1.807, 2.05) is 20.0 Å². The van der Waals surface area contributed by atoms with Gasteiger partial charge in [0.25, 0.3) is 0 Å². The topological polar surface area (TPSA) is 57.2 Å². The number of nitrogens with zero attached hydrogens (tertiary/aromatic N) is 3. The van der Waals surface area contributed by atoms with Crippen LogP contribution in [0.4, 0.5) is 0 Å². The van der Waals surface area contributed by atoms with E-state index in [-0.39, 0.29) is 36.4 Å². The zero-order valence-electron chi connectivity index (χ0n) is 16.4. The SMILES string of the molecule is C=CCCCCCN(C)C(=NCC(=O)N(C)C)NCCCOCC.I.